The number of rotatable bonds is 9. The molecular weight excluding hydrogens is 390 g/mol. The number of nitrogens with one attached hydrogen (secondary N) is 3. The van der Waals surface area contributed by atoms with Crippen molar-refractivity contribution < 1.29 is 14.3 Å². The molecule has 3 rings (SSSR count). The van der Waals surface area contributed by atoms with Crippen molar-refractivity contribution in [3.05, 3.63) is 59.8 Å². The zero-order valence-corrected chi connectivity index (χ0v) is 17.8. The van der Waals surface area contributed by atoms with Gasteiger partial charge in [0.15, 0.2) is 11.5 Å². The summed E-state index contributed by atoms with van der Waals surface area (Å²) in [5, 5.41) is 7.20. The number of carbonyl (C=O) groups is 1. The van der Waals surface area contributed by atoms with Crippen LogP contribution in [0.1, 0.15) is 23.5 Å². The van der Waals surface area contributed by atoms with Crippen molar-refractivity contribution in [1.82, 2.24) is 15.6 Å². The Kier molecular flexibility index (Phi) is 8.36. The Morgan fingerprint density at radius 1 is 1.07 bits per heavy atom. The van der Waals surface area contributed by atoms with Crippen molar-refractivity contribution in [2.45, 2.75) is 12.3 Å². The Labute approximate surface area is 177 Å². The summed E-state index contributed by atoms with van der Waals surface area (Å²) in [6.07, 6.45) is 2.44. The van der Waals surface area contributed by atoms with E-state index in [1.54, 1.807) is 14.2 Å². The highest BCUT2D eigenvalue weighted by atomic mass is 35.5. The third kappa shape index (κ3) is 5.02. The predicted molar refractivity (Wildman–Crippen MR) is 118 cm³/mol. The Morgan fingerprint density at radius 2 is 1.86 bits per heavy atom. The van der Waals surface area contributed by atoms with Crippen LogP contribution in [0.2, 0.25) is 0 Å². The zero-order chi connectivity index (χ0) is 19.9. The third-order valence-corrected chi connectivity index (χ3v) is 4.91. The van der Waals surface area contributed by atoms with E-state index in [0.717, 1.165) is 22.0 Å². The molecule has 3 N–H and O–H groups in total. The van der Waals surface area contributed by atoms with Crippen molar-refractivity contribution >= 4 is 29.2 Å². The van der Waals surface area contributed by atoms with Gasteiger partial charge >= 0.3 is 0 Å². The maximum atomic E-state index is 12.2. The second-order valence-electron chi connectivity index (χ2n) is 6.58. The Morgan fingerprint density at radius 3 is 2.59 bits per heavy atom. The molecule has 0 fully saturated rings. The summed E-state index contributed by atoms with van der Waals surface area (Å²) in [6, 6.07) is 14.0. The summed E-state index contributed by atoms with van der Waals surface area (Å²) >= 11 is 0. The number of ether oxygens (including phenoxy) is 2. The molecule has 1 unspecified atom stereocenters. The second-order valence-corrected chi connectivity index (χ2v) is 6.58. The largest absolute Gasteiger partial charge is 0.493 e. The molecule has 0 aliphatic heterocycles. The Hall–Kier alpha value is -2.70. The fourth-order valence-electron chi connectivity index (χ4n) is 3.50. The smallest absolute Gasteiger partial charge is 0.221 e. The molecule has 6 nitrogen and oxygen atoms in total. The SMILES string of the molecule is CNCCC(=O)NCC(c1cccc(OC)c1OC)c1c[nH]c2ccccc12.Cl. The molecular formula is C22H28ClN3O3. The molecule has 0 spiro atoms. The maximum Gasteiger partial charge on any atom is 0.221 e. The van der Waals surface area contributed by atoms with Gasteiger partial charge in [0.05, 0.1) is 14.2 Å². The minimum Gasteiger partial charge on any atom is -0.493 e. The summed E-state index contributed by atoms with van der Waals surface area (Å²) in [6.45, 7) is 1.11. The first-order valence-corrected chi connectivity index (χ1v) is 9.37. The predicted octanol–water partition coefficient (Wildman–Crippen LogP) is 3.46. The fourth-order valence-corrected chi connectivity index (χ4v) is 3.50. The maximum absolute atomic E-state index is 12.2. The van der Waals surface area contributed by atoms with Gasteiger partial charge < -0.3 is 25.1 Å². The molecule has 1 aromatic heterocycles. The van der Waals surface area contributed by atoms with Crippen molar-refractivity contribution in [2.24, 2.45) is 0 Å². The third-order valence-electron chi connectivity index (χ3n) is 4.91. The lowest BCUT2D eigenvalue weighted by Gasteiger charge is -2.22. The molecule has 3 aromatic rings. The molecule has 0 aliphatic rings. The standard InChI is InChI=1S/C22H27N3O3.ClH/c1-23-12-11-21(26)25-14-18(16-8-6-10-20(27-2)22(16)28-3)17-13-24-19-9-5-4-7-15(17)19;/h4-10,13,18,23-24H,11-12,14H2,1-3H3,(H,25,26);1H. The van der Waals surface area contributed by atoms with Crippen LogP contribution in [0.25, 0.3) is 10.9 Å². The topological polar surface area (TPSA) is 75.4 Å². The van der Waals surface area contributed by atoms with Gasteiger partial charge in [-0.15, -0.1) is 12.4 Å². The lowest BCUT2D eigenvalue weighted by Crippen LogP contribution is -2.31. The van der Waals surface area contributed by atoms with E-state index in [0.29, 0.717) is 31.0 Å². The molecule has 1 heterocycles. The number of para-hydroxylation sites is 2. The summed E-state index contributed by atoms with van der Waals surface area (Å²) < 4.78 is 11.2. The molecule has 0 saturated carbocycles. The highest BCUT2D eigenvalue weighted by molar-refractivity contribution is 5.85. The van der Waals surface area contributed by atoms with E-state index >= 15 is 0 Å². The van der Waals surface area contributed by atoms with E-state index in [9.17, 15) is 4.79 Å². The first-order valence-electron chi connectivity index (χ1n) is 9.37. The van der Waals surface area contributed by atoms with Crippen LogP contribution < -0.4 is 20.1 Å². The lowest BCUT2D eigenvalue weighted by molar-refractivity contribution is -0.121. The van der Waals surface area contributed by atoms with Gasteiger partial charge in [-0.05, 0) is 24.7 Å². The average Bonchev–Trinajstić information content (AvgIpc) is 3.16. The van der Waals surface area contributed by atoms with E-state index in [1.165, 1.54) is 0 Å². The Balaban J connectivity index is 0.00000300. The normalized spacial score (nSPS) is 11.6. The van der Waals surface area contributed by atoms with E-state index in [4.69, 9.17) is 9.47 Å². The molecule has 156 valence electrons. The van der Waals surface area contributed by atoms with Gasteiger partial charge in [-0.2, -0.15) is 0 Å². The summed E-state index contributed by atoms with van der Waals surface area (Å²) in [7, 11) is 5.10. The number of fused-ring (bicyclic) bond motifs is 1. The molecule has 1 amide bonds. The Bertz CT molecular complexity index is 942. The first-order chi connectivity index (χ1) is 13.7. The van der Waals surface area contributed by atoms with Crippen LogP contribution >= 0.6 is 12.4 Å². The number of methoxy groups -OCH3 is 2. The molecule has 7 heteroatoms. The van der Waals surface area contributed by atoms with E-state index in [1.807, 2.05) is 49.6 Å². The monoisotopic (exact) mass is 417 g/mol. The molecule has 0 radical (unpaired) electrons. The minimum absolute atomic E-state index is 0. The van der Waals surface area contributed by atoms with Gasteiger partial charge in [0.25, 0.3) is 0 Å². The van der Waals surface area contributed by atoms with Crippen molar-refractivity contribution in [3.8, 4) is 11.5 Å². The molecule has 29 heavy (non-hydrogen) atoms. The second kappa shape index (κ2) is 10.7. The first kappa shape index (κ1) is 22.6. The highest BCUT2D eigenvalue weighted by Gasteiger charge is 2.24. The molecule has 0 aliphatic carbocycles. The quantitative estimate of drug-likeness (QED) is 0.498. The molecule has 0 saturated heterocycles. The van der Waals surface area contributed by atoms with Crippen molar-refractivity contribution in [3.63, 3.8) is 0 Å². The van der Waals surface area contributed by atoms with Crippen LogP contribution in [0.4, 0.5) is 0 Å². The van der Waals surface area contributed by atoms with Gasteiger partial charge in [-0.25, -0.2) is 0 Å². The number of carbonyl (C=O) groups excluding carboxylic acids is 1. The van der Waals surface area contributed by atoms with E-state index < -0.39 is 0 Å². The minimum atomic E-state index is -0.0836. The number of amides is 1. The average molecular weight is 418 g/mol. The van der Waals surface area contributed by atoms with Gasteiger partial charge in [0.2, 0.25) is 5.91 Å². The summed E-state index contributed by atoms with van der Waals surface area (Å²) in [5.74, 6) is 1.29. The molecule has 0 bridgehead atoms. The van der Waals surface area contributed by atoms with Crippen LogP contribution in [-0.2, 0) is 4.79 Å². The number of aromatic nitrogens is 1. The fraction of sp³-hybridized carbons (Fsp3) is 0.318. The van der Waals surface area contributed by atoms with Gasteiger partial charge in [-0.1, -0.05) is 30.3 Å². The van der Waals surface area contributed by atoms with Gasteiger partial charge in [-0.3, -0.25) is 4.79 Å². The number of hydrogen-bond acceptors (Lipinski definition) is 4. The van der Waals surface area contributed by atoms with Crippen LogP contribution in [-0.4, -0.2) is 45.2 Å². The van der Waals surface area contributed by atoms with Crippen LogP contribution in [0.15, 0.2) is 48.7 Å². The number of hydrogen-bond donors (Lipinski definition) is 3. The van der Waals surface area contributed by atoms with Crippen LogP contribution in [0.3, 0.4) is 0 Å². The number of H-pyrrole nitrogens is 1. The molecule has 1 atom stereocenters. The van der Waals surface area contributed by atoms with E-state index in [2.05, 4.69) is 21.7 Å². The zero-order valence-electron chi connectivity index (χ0n) is 17.0. The van der Waals surface area contributed by atoms with Gasteiger partial charge in [0.1, 0.15) is 0 Å². The van der Waals surface area contributed by atoms with Crippen molar-refractivity contribution in [2.75, 3.05) is 34.4 Å². The molecule has 2 aromatic carbocycles. The number of aromatic amines is 1. The van der Waals surface area contributed by atoms with Crippen LogP contribution in [0.5, 0.6) is 11.5 Å². The number of benzene rings is 2. The number of halogens is 1. The highest BCUT2D eigenvalue weighted by Crippen LogP contribution is 2.40. The van der Waals surface area contributed by atoms with Crippen molar-refractivity contribution in [1.29, 1.82) is 0 Å². The van der Waals surface area contributed by atoms with E-state index in [-0.39, 0.29) is 24.2 Å². The summed E-state index contributed by atoms with van der Waals surface area (Å²) in [4.78, 5) is 15.6. The lowest BCUT2D eigenvalue weighted by atomic mass is 9.89. The van der Waals surface area contributed by atoms with Gasteiger partial charge in [0, 0.05) is 48.1 Å². The summed E-state index contributed by atoms with van der Waals surface area (Å²) in [5.41, 5.74) is 3.14. The van der Waals surface area contributed by atoms with Crippen LogP contribution in [0, 0.1) is 0 Å².